The lowest BCUT2D eigenvalue weighted by molar-refractivity contribution is 0.0974. The SMILES string of the molecule is Cn1c(=O)c2c(nc(NCCO)n2CC(=O)c2ccccc2)n(C)c1=O. The average Bonchev–Trinajstić information content (AvgIpc) is 3.02. The second-order valence-corrected chi connectivity index (χ2v) is 5.84. The largest absolute Gasteiger partial charge is 0.395 e. The van der Waals surface area contributed by atoms with E-state index >= 15 is 0 Å². The Hall–Kier alpha value is -3.20. The molecule has 0 bridgehead atoms. The molecule has 3 rings (SSSR count). The summed E-state index contributed by atoms with van der Waals surface area (Å²) in [6.07, 6.45) is 0. The Bertz CT molecular complexity index is 1080. The van der Waals surface area contributed by atoms with Crippen molar-refractivity contribution in [2.45, 2.75) is 6.54 Å². The number of imidazole rings is 1. The maximum Gasteiger partial charge on any atom is 0.332 e. The number of carbonyl (C=O) groups excluding carboxylic acids is 1. The number of aliphatic hydroxyl groups excluding tert-OH is 1. The fraction of sp³-hybridized carbons (Fsp3) is 0.294. The fourth-order valence-corrected chi connectivity index (χ4v) is 2.76. The molecule has 2 N–H and O–H groups in total. The molecule has 0 saturated heterocycles. The molecular formula is C17H19N5O4. The summed E-state index contributed by atoms with van der Waals surface area (Å²) in [4.78, 5) is 41.7. The van der Waals surface area contributed by atoms with Gasteiger partial charge in [-0.2, -0.15) is 4.98 Å². The molecule has 9 heteroatoms. The van der Waals surface area contributed by atoms with E-state index in [0.29, 0.717) is 5.56 Å². The minimum Gasteiger partial charge on any atom is -0.395 e. The van der Waals surface area contributed by atoms with E-state index in [1.807, 2.05) is 6.07 Å². The number of benzene rings is 1. The molecule has 0 aliphatic carbocycles. The Kier molecular flexibility index (Phi) is 4.72. The van der Waals surface area contributed by atoms with Crippen LogP contribution in [-0.2, 0) is 20.6 Å². The summed E-state index contributed by atoms with van der Waals surface area (Å²) in [5.41, 5.74) is -0.202. The average molecular weight is 357 g/mol. The van der Waals surface area contributed by atoms with Crippen molar-refractivity contribution in [3.63, 3.8) is 0 Å². The van der Waals surface area contributed by atoms with Gasteiger partial charge >= 0.3 is 5.69 Å². The minimum absolute atomic E-state index is 0.123. The number of fused-ring (bicyclic) bond motifs is 1. The third-order valence-corrected chi connectivity index (χ3v) is 4.14. The van der Waals surface area contributed by atoms with Crippen molar-refractivity contribution in [1.29, 1.82) is 0 Å². The third kappa shape index (κ3) is 2.93. The van der Waals surface area contributed by atoms with Crippen LogP contribution in [0, 0.1) is 0 Å². The highest BCUT2D eigenvalue weighted by Crippen LogP contribution is 2.16. The predicted molar refractivity (Wildman–Crippen MR) is 96.6 cm³/mol. The molecule has 26 heavy (non-hydrogen) atoms. The number of nitrogens with zero attached hydrogens (tertiary/aromatic N) is 4. The van der Waals surface area contributed by atoms with Crippen molar-refractivity contribution >= 4 is 22.9 Å². The first kappa shape index (κ1) is 17.6. The van der Waals surface area contributed by atoms with Crippen LogP contribution in [0.25, 0.3) is 11.2 Å². The molecule has 0 fully saturated rings. The molecule has 0 aliphatic heterocycles. The molecule has 0 amide bonds. The molecule has 0 atom stereocenters. The van der Waals surface area contributed by atoms with Gasteiger partial charge in [0.05, 0.1) is 13.2 Å². The summed E-state index contributed by atoms with van der Waals surface area (Å²) < 4.78 is 3.68. The molecule has 0 spiro atoms. The highest BCUT2D eigenvalue weighted by molar-refractivity contribution is 5.96. The first-order valence-corrected chi connectivity index (χ1v) is 8.05. The molecular weight excluding hydrogens is 338 g/mol. The minimum atomic E-state index is -0.534. The lowest BCUT2D eigenvalue weighted by atomic mass is 10.1. The van der Waals surface area contributed by atoms with Gasteiger partial charge < -0.3 is 10.4 Å². The second-order valence-electron chi connectivity index (χ2n) is 5.84. The van der Waals surface area contributed by atoms with E-state index < -0.39 is 11.2 Å². The summed E-state index contributed by atoms with van der Waals surface area (Å²) in [7, 11) is 2.89. The van der Waals surface area contributed by atoms with E-state index in [-0.39, 0.29) is 42.6 Å². The Morgan fingerprint density at radius 1 is 1.15 bits per heavy atom. The summed E-state index contributed by atoms with van der Waals surface area (Å²) >= 11 is 0. The number of ketones is 1. The zero-order valence-corrected chi connectivity index (χ0v) is 14.5. The van der Waals surface area contributed by atoms with Gasteiger partial charge in [0.15, 0.2) is 16.9 Å². The Balaban J connectivity index is 2.19. The van der Waals surface area contributed by atoms with E-state index in [1.54, 1.807) is 24.3 Å². The highest BCUT2D eigenvalue weighted by atomic mass is 16.3. The summed E-state index contributed by atoms with van der Waals surface area (Å²) in [6, 6.07) is 8.70. The van der Waals surface area contributed by atoms with Crippen LogP contribution in [0.5, 0.6) is 0 Å². The van der Waals surface area contributed by atoms with Crippen LogP contribution >= 0.6 is 0 Å². The molecule has 136 valence electrons. The van der Waals surface area contributed by atoms with Crippen LogP contribution in [0.15, 0.2) is 39.9 Å². The van der Waals surface area contributed by atoms with Crippen molar-refractivity contribution in [3.05, 3.63) is 56.7 Å². The molecule has 9 nitrogen and oxygen atoms in total. The maximum atomic E-state index is 12.6. The predicted octanol–water partition coefficient (Wildman–Crippen LogP) is -0.279. The lowest BCUT2D eigenvalue weighted by Crippen LogP contribution is -2.37. The van der Waals surface area contributed by atoms with Crippen molar-refractivity contribution in [2.24, 2.45) is 14.1 Å². The van der Waals surface area contributed by atoms with Crippen molar-refractivity contribution < 1.29 is 9.90 Å². The van der Waals surface area contributed by atoms with Gasteiger partial charge in [-0.1, -0.05) is 30.3 Å². The van der Waals surface area contributed by atoms with Crippen molar-refractivity contribution in [1.82, 2.24) is 18.7 Å². The van der Waals surface area contributed by atoms with E-state index in [9.17, 15) is 14.4 Å². The first-order valence-electron chi connectivity index (χ1n) is 8.05. The van der Waals surface area contributed by atoms with Crippen LogP contribution in [0.1, 0.15) is 10.4 Å². The van der Waals surface area contributed by atoms with Gasteiger partial charge in [0.1, 0.15) is 0 Å². The van der Waals surface area contributed by atoms with Gasteiger partial charge in [0, 0.05) is 26.2 Å². The third-order valence-electron chi connectivity index (χ3n) is 4.14. The molecule has 1 aromatic carbocycles. The van der Waals surface area contributed by atoms with Crippen molar-refractivity contribution in [2.75, 3.05) is 18.5 Å². The number of Topliss-reactive ketones (excluding diaryl/α,β-unsaturated/α-hetero) is 1. The fourth-order valence-electron chi connectivity index (χ4n) is 2.76. The van der Waals surface area contributed by atoms with E-state index in [4.69, 9.17) is 5.11 Å². The van der Waals surface area contributed by atoms with Gasteiger partial charge in [0.25, 0.3) is 5.56 Å². The molecule has 2 heterocycles. The second kappa shape index (κ2) is 6.96. The number of rotatable bonds is 6. The molecule has 0 saturated carbocycles. The number of aryl methyl sites for hydroxylation is 1. The van der Waals surface area contributed by atoms with Crippen molar-refractivity contribution in [3.8, 4) is 0 Å². The quantitative estimate of drug-likeness (QED) is 0.587. The zero-order valence-electron chi connectivity index (χ0n) is 14.5. The number of hydrogen-bond donors (Lipinski definition) is 2. The number of carbonyl (C=O) groups is 1. The highest BCUT2D eigenvalue weighted by Gasteiger charge is 2.21. The van der Waals surface area contributed by atoms with Crippen LogP contribution in [0.4, 0.5) is 5.95 Å². The first-order chi connectivity index (χ1) is 12.5. The topological polar surface area (TPSA) is 111 Å². The Morgan fingerprint density at radius 3 is 2.50 bits per heavy atom. The smallest absolute Gasteiger partial charge is 0.332 e. The molecule has 3 aromatic rings. The zero-order chi connectivity index (χ0) is 18.8. The van der Waals surface area contributed by atoms with Crippen LogP contribution in [-0.4, -0.2) is 42.7 Å². The van der Waals surface area contributed by atoms with Crippen LogP contribution < -0.4 is 16.6 Å². The molecule has 0 aliphatic rings. The standard InChI is InChI=1S/C17H19N5O4/c1-20-14-13(15(25)21(2)17(20)26)22(16(19-14)18-8-9-23)10-12(24)11-6-4-3-5-7-11/h3-7,23H,8-10H2,1-2H3,(H,18,19). The summed E-state index contributed by atoms with van der Waals surface area (Å²) in [5, 5.41) is 12.0. The maximum absolute atomic E-state index is 12.6. The number of anilines is 1. The molecule has 0 unspecified atom stereocenters. The van der Waals surface area contributed by atoms with Gasteiger partial charge in [-0.3, -0.25) is 23.3 Å². The molecule has 2 aromatic heterocycles. The number of aliphatic hydroxyl groups is 1. The summed E-state index contributed by atoms with van der Waals surface area (Å²) in [5.74, 6) is 0.0458. The van der Waals surface area contributed by atoms with Crippen LogP contribution in [0.3, 0.4) is 0 Å². The Labute approximate surface area is 148 Å². The van der Waals surface area contributed by atoms with E-state index in [0.717, 1.165) is 4.57 Å². The molecule has 0 radical (unpaired) electrons. The van der Waals surface area contributed by atoms with Gasteiger partial charge in [-0.25, -0.2) is 4.79 Å². The van der Waals surface area contributed by atoms with Crippen LogP contribution in [0.2, 0.25) is 0 Å². The summed E-state index contributed by atoms with van der Waals surface area (Å²) in [6.45, 7) is -0.0778. The monoisotopic (exact) mass is 357 g/mol. The number of nitrogens with one attached hydrogen (secondary N) is 1. The Morgan fingerprint density at radius 2 is 1.85 bits per heavy atom. The number of aromatic nitrogens is 4. The van der Waals surface area contributed by atoms with Gasteiger partial charge in [-0.05, 0) is 0 Å². The lowest BCUT2D eigenvalue weighted by Gasteiger charge is -2.10. The normalized spacial score (nSPS) is 11.0. The van der Waals surface area contributed by atoms with Gasteiger partial charge in [-0.15, -0.1) is 0 Å². The van der Waals surface area contributed by atoms with Gasteiger partial charge in [0.2, 0.25) is 5.95 Å². The number of hydrogen-bond acceptors (Lipinski definition) is 6. The van der Waals surface area contributed by atoms with E-state index in [1.165, 1.54) is 23.2 Å². The van der Waals surface area contributed by atoms with E-state index in [2.05, 4.69) is 10.3 Å².